The summed E-state index contributed by atoms with van der Waals surface area (Å²) < 4.78 is 2.63. The van der Waals surface area contributed by atoms with Crippen molar-refractivity contribution in [3.05, 3.63) is 69.8 Å². The van der Waals surface area contributed by atoms with E-state index in [9.17, 15) is 9.59 Å². The van der Waals surface area contributed by atoms with Gasteiger partial charge in [0.1, 0.15) is 6.54 Å². The molecule has 0 unspecified atom stereocenters. The number of carbonyl (C=O) groups excluding carboxylic acids is 1. The number of benzene rings is 2. The van der Waals surface area contributed by atoms with Crippen LogP contribution in [0.3, 0.4) is 0 Å². The molecule has 0 atom stereocenters. The number of hydrogen-bond donors (Lipinski definition) is 1. The molecule has 0 saturated carbocycles. The lowest BCUT2D eigenvalue weighted by Crippen LogP contribution is -2.28. The maximum absolute atomic E-state index is 12.8. The zero-order valence-electron chi connectivity index (χ0n) is 15.4. The zero-order chi connectivity index (χ0) is 19.1. The number of aryl methyl sites for hydroxylation is 3. The highest BCUT2D eigenvalue weighted by Gasteiger charge is 2.14. The van der Waals surface area contributed by atoms with Crippen LogP contribution in [0, 0.1) is 20.8 Å². The van der Waals surface area contributed by atoms with Crippen LogP contribution in [0.5, 0.6) is 0 Å². The van der Waals surface area contributed by atoms with E-state index in [1.54, 1.807) is 0 Å². The van der Waals surface area contributed by atoms with Gasteiger partial charge in [-0.25, -0.2) is 13.9 Å². The van der Waals surface area contributed by atoms with Crippen molar-refractivity contribution in [3.63, 3.8) is 0 Å². The van der Waals surface area contributed by atoms with Crippen LogP contribution in [0.4, 0.5) is 5.69 Å². The average Bonchev–Trinajstić information content (AvgIpc) is 2.94. The molecule has 0 spiro atoms. The number of para-hydroxylation sites is 2. The van der Waals surface area contributed by atoms with E-state index in [4.69, 9.17) is 0 Å². The first-order valence-corrected chi connectivity index (χ1v) is 8.65. The van der Waals surface area contributed by atoms with Gasteiger partial charge in [-0.05, 0) is 44.0 Å². The van der Waals surface area contributed by atoms with E-state index in [2.05, 4.69) is 15.4 Å². The standard InChI is InChI=1S/C20H19N5O2/c1-12-8-13(2)19(14(3)9-12)22-18(26)11-24-20(27)25-16-7-5-4-6-15(16)21-10-17(25)23-24/h4-10H,11H2,1-3H3,(H,22,26). The number of amides is 1. The van der Waals surface area contributed by atoms with E-state index in [0.717, 1.165) is 27.1 Å². The predicted octanol–water partition coefficient (Wildman–Crippen LogP) is 2.61. The van der Waals surface area contributed by atoms with Crippen molar-refractivity contribution < 1.29 is 4.79 Å². The smallest absolute Gasteiger partial charge is 0.324 e. The Balaban J connectivity index is 1.68. The van der Waals surface area contributed by atoms with Crippen molar-refractivity contribution in [1.29, 1.82) is 0 Å². The highest BCUT2D eigenvalue weighted by Crippen LogP contribution is 2.21. The lowest BCUT2D eigenvalue weighted by Gasteiger charge is -2.12. The summed E-state index contributed by atoms with van der Waals surface area (Å²) in [6, 6.07) is 11.4. The second-order valence-electron chi connectivity index (χ2n) is 6.70. The number of nitrogens with one attached hydrogen (secondary N) is 1. The van der Waals surface area contributed by atoms with Crippen LogP contribution in [0.2, 0.25) is 0 Å². The lowest BCUT2D eigenvalue weighted by molar-refractivity contribution is -0.117. The van der Waals surface area contributed by atoms with Crippen LogP contribution in [0.15, 0.2) is 47.4 Å². The van der Waals surface area contributed by atoms with Gasteiger partial charge in [-0.3, -0.25) is 9.78 Å². The molecule has 4 rings (SSSR count). The SMILES string of the molecule is Cc1cc(C)c(NC(=O)Cn2nc3cnc4ccccc4n3c2=O)c(C)c1. The summed E-state index contributed by atoms with van der Waals surface area (Å²) in [6.45, 7) is 5.75. The molecule has 136 valence electrons. The summed E-state index contributed by atoms with van der Waals surface area (Å²) in [5.74, 6) is -0.298. The third kappa shape index (κ3) is 2.97. The van der Waals surface area contributed by atoms with E-state index in [1.165, 1.54) is 10.6 Å². The van der Waals surface area contributed by atoms with Crippen LogP contribution in [0.1, 0.15) is 16.7 Å². The molecule has 7 heteroatoms. The molecule has 27 heavy (non-hydrogen) atoms. The van der Waals surface area contributed by atoms with Crippen molar-refractivity contribution >= 4 is 28.3 Å². The number of anilines is 1. The van der Waals surface area contributed by atoms with Crippen molar-refractivity contribution in [2.24, 2.45) is 0 Å². The number of carbonyl (C=O) groups is 1. The minimum atomic E-state index is -0.365. The molecule has 0 radical (unpaired) electrons. The Bertz CT molecular complexity index is 1230. The van der Waals surface area contributed by atoms with Crippen molar-refractivity contribution in [3.8, 4) is 0 Å². The Kier molecular flexibility index (Phi) is 3.99. The van der Waals surface area contributed by atoms with Gasteiger partial charge in [-0.2, -0.15) is 0 Å². The first-order valence-electron chi connectivity index (χ1n) is 8.65. The summed E-state index contributed by atoms with van der Waals surface area (Å²) in [7, 11) is 0. The quantitative estimate of drug-likeness (QED) is 0.608. The highest BCUT2D eigenvalue weighted by atomic mass is 16.2. The maximum Gasteiger partial charge on any atom is 0.351 e. The first kappa shape index (κ1) is 17.0. The topological polar surface area (TPSA) is 81.3 Å². The fraction of sp³-hybridized carbons (Fsp3) is 0.200. The van der Waals surface area contributed by atoms with Gasteiger partial charge in [0.2, 0.25) is 5.91 Å². The van der Waals surface area contributed by atoms with Crippen molar-refractivity contribution in [1.82, 2.24) is 19.2 Å². The third-order valence-electron chi connectivity index (χ3n) is 4.54. The fourth-order valence-corrected chi connectivity index (χ4v) is 3.42. The molecular formula is C20H19N5O2. The Morgan fingerprint density at radius 3 is 2.56 bits per heavy atom. The average molecular weight is 361 g/mol. The van der Waals surface area contributed by atoms with Gasteiger partial charge in [0.25, 0.3) is 0 Å². The van der Waals surface area contributed by atoms with Crippen LogP contribution in [0.25, 0.3) is 16.7 Å². The molecule has 0 aliphatic rings. The van der Waals surface area contributed by atoms with Crippen molar-refractivity contribution in [2.75, 3.05) is 5.32 Å². The summed E-state index contributed by atoms with van der Waals surface area (Å²) in [4.78, 5) is 29.6. The second kappa shape index (κ2) is 6.35. The number of fused-ring (bicyclic) bond motifs is 3. The normalized spacial score (nSPS) is 11.2. The van der Waals surface area contributed by atoms with E-state index in [-0.39, 0.29) is 18.1 Å². The monoisotopic (exact) mass is 361 g/mol. The first-order chi connectivity index (χ1) is 12.9. The third-order valence-corrected chi connectivity index (χ3v) is 4.54. The molecule has 2 aromatic heterocycles. The van der Waals surface area contributed by atoms with E-state index in [1.807, 2.05) is 57.2 Å². The fourth-order valence-electron chi connectivity index (χ4n) is 3.42. The van der Waals surface area contributed by atoms with Crippen molar-refractivity contribution in [2.45, 2.75) is 27.3 Å². The molecule has 7 nitrogen and oxygen atoms in total. The number of nitrogens with zero attached hydrogens (tertiary/aromatic N) is 4. The van der Waals surface area contributed by atoms with Gasteiger partial charge in [-0.1, -0.05) is 29.8 Å². The van der Waals surface area contributed by atoms with Gasteiger partial charge < -0.3 is 5.32 Å². The van der Waals surface area contributed by atoms with Gasteiger partial charge in [-0.15, -0.1) is 5.10 Å². The molecule has 0 saturated heterocycles. The molecule has 0 aliphatic heterocycles. The number of aromatic nitrogens is 4. The van der Waals surface area contributed by atoms with E-state index >= 15 is 0 Å². The molecular weight excluding hydrogens is 342 g/mol. The summed E-state index contributed by atoms with van der Waals surface area (Å²) in [5, 5.41) is 7.15. The molecule has 1 N–H and O–H groups in total. The molecule has 2 heterocycles. The molecule has 4 aromatic rings. The molecule has 0 fully saturated rings. The molecule has 2 aromatic carbocycles. The summed E-state index contributed by atoms with van der Waals surface area (Å²) >= 11 is 0. The molecule has 1 amide bonds. The zero-order valence-corrected chi connectivity index (χ0v) is 15.4. The predicted molar refractivity (Wildman–Crippen MR) is 104 cm³/mol. The lowest BCUT2D eigenvalue weighted by atomic mass is 10.1. The Labute approximate surface area is 155 Å². The minimum absolute atomic E-state index is 0.165. The van der Waals surface area contributed by atoms with Crippen LogP contribution >= 0.6 is 0 Å². The van der Waals surface area contributed by atoms with E-state index in [0.29, 0.717) is 16.7 Å². The Morgan fingerprint density at radius 1 is 1.11 bits per heavy atom. The summed E-state index contributed by atoms with van der Waals surface area (Å²) in [6.07, 6.45) is 1.53. The molecule has 0 bridgehead atoms. The van der Waals surface area contributed by atoms with Crippen LogP contribution in [-0.4, -0.2) is 25.1 Å². The molecule has 0 aliphatic carbocycles. The minimum Gasteiger partial charge on any atom is -0.324 e. The Hall–Kier alpha value is -3.48. The van der Waals surface area contributed by atoms with Gasteiger partial charge in [0, 0.05) is 5.69 Å². The summed E-state index contributed by atoms with van der Waals surface area (Å²) in [5.41, 5.74) is 5.29. The second-order valence-corrected chi connectivity index (χ2v) is 6.70. The van der Waals surface area contributed by atoms with Gasteiger partial charge >= 0.3 is 5.69 Å². The van der Waals surface area contributed by atoms with E-state index < -0.39 is 0 Å². The largest absolute Gasteiger partial charge is 0.351 e. The van der Waals surface area contributed by atoms with Gasteiger partial charge in [0.05, 0.1) is 17.2 Å². The number of rotatable bonds is 3. The van der Waals surface area contributed by atoms with Crippen LogP contribution in [-0.2, 0) is 11.3 Å². The van der Waals surface area contributed by atoms with Gasteiger partial charge in [0.15, 0.2) is 5.65 Å². The highest BCUT2D eigenvalue weighted by molar-refractivity contribution is 5.92. The number of hydrogen-bond acceptors (Lipinski definition) is 4. The van der Waals surface area contributed by atoms with Crippen LogP contribution < -0.4 is 11.0 Å². The Morgan fingerprint density at radius 2 is 1.81 bits per heavy atom. The maximum atomic E-state index is 12.8.